The molecule has 5 rings (SSSR count). The summed E-state index contributed by atoms with van der Waals surface area (Å²) in [4.78, 5) is 29.3. The van der Waals surface area contributed by atoms with Gasteiger partial charge in [-0.25, -0.2) is 4.79 Å². The molecular weight excluding hydrogens is 656 g/mol. The molecule has 0 aliphatic carbocycles. The van der Waals surface area contributed by atoms with E-state index in [2.05, 4.69) is 10.3 Å². The standard InChI is InChI=1S/C32H35ClN2O13/c33-19-9-8-16(11-20(19)35-29(42)18-7-4-10-34-12-18)14-45-31-27(41)25(39)28(48-32-26(40)24(38)23(37)21(13-36)46-32)22(47-31)15-44-30(43)17-5-2-1-3-6-17/h1-12,21-28,31-32,36-41H,13-15H2,(H,35,42). The van der Waals surface area contributed by atoms with Gasteiger partial charge in [0.15, 0.2) is 12.6 Å². The molecule has 1 aromatic heterocycles. The Morgan fingerprint density at radius 3 is 2.25 bits per heavy atom. The highest BCUT2D eigenvalue weighted by Crippen LogP contribution is 2.31. The molecule has 15 nitrogen and oxygen atoms in total. The summed E-state index contributed by atoms with van der Waals surface area (Å²) in [5.41, 5.74) is 1.30. The van der Waals surface area contributed by atoms with Gasteiger partial charge in [-0.15, -0.1) is 0 Å². The highest BCUT2D eigenvalue weighted by atomic mass is 35.5. The number of hydrogen-bond donors (Lipinski definition) is 7. The van der Waals surface area contributed by atoms with Gasteiger partial charge >= 0.3 is 5.97 Å². The van der Waals surface area contributed by atoms with Crippen molar-refractivity contribution in [1.82, 2.24) is 4.98 Å². The Balaban J connectivity index is 1.30. The third-order valence-electron chi connectivity index (χ3n) is 7.79. The number of benzene rings is 2. The predicted molar refractivity (Wildman–Crippen MR) is 164 cm³/mol. The molecule has 7 N–H and O–H groups in total. The lowest BCUT2D eigenvalue weighted by molar-refractivity contribution is -0.360. The zero-order valence-electron chi connectivity index (χ0n) is 25.2. The van der Waals surface area contributed by atoms with Gasteiger partial charge in [0.1, 0.15) is 55.4 Å². The second-order valence-electron chi connectivity index (χ2n) is 11.1. The van der Waals surface area contributed by atoms with E-state index in [1.807, 2.05) is 0 Å². The molecule has 1 amide bonds. The minimum Gasteiger partial charge on any atom is -0.459 e. The second kappa shape index (κ2) is 16.2. The van der Waals surface area contributed by atoms with Crippen molar-refractivity contribution in [3.8, 4) is 0 Å². The number of nitrogens with one attached hydrogen (secondary N) is 1. The quantitative estimate of drug-likeness (QED) is 0.131. The SMILES string of the molecule is O=C(Nc1cc(COC2OC(COC(=O)c3ccccc3)C(OC3OC(CO)C(O)C(O)C3O)C(O)C2O)ccc1Cl)c1cccnc1. The summed E-state index contributed by atoms with van der Waals surface area (Å²) >= 11 is 6.29. The Morgan fingerprint density at radius 1 is 0.833 bits per heavy atom. The average Bonchev–Trinajstić information content (AvgIpc) is 3.11. The molecule has 48 heavy (non-hydrogen) atoms. The summed E-state index contributed by atoms with van der Waals surface area (Å²) in [7, 11) is 0. The Morgan fingerprint density at radius 2 is 1.54 bits per heavy atom. The summed E-state index contributed by atoms with van der Waals surface area (Å²) < 4.78 is 28.3. The van der Waals surface area contributed by atoms with Gasteiger partial charge in [-0.3, -0.25) is 9.78 Å². The van der Waals surface area contributed by atoms with Crippen molar-refractivity contribution in [3.05, 3.63) is 94.8 Å². The van der Waals surface area contributed by atoms with Crippen molar-refractivity contribution in [2.75, 3.05) is 18.5 Å². The Kier molecular flexibility index (Phi) is 12.1. The van der Waals surface area contributed by atoms with E-state index >= 15 is 0 Å². The van der Waals surface area contributed by atoms with E-state index in [0.717, 1.165) is 0 Å². The number of anilines is 1. The van der Waals surface area contributed by atoms with Crippen molar-refractivity contribution in [1.29, 1.82) is 0 Å². The zero-order chi connectivity index (χ0) is 34.4. The van der Waals surface area contributed by atoms with Crippen molar-refractivity contribution in [3.63, 3.8) is 0 Å². The fourth-order valence-electron chi connectivity index (χ4n) is 5.12. The van der Waals surface area contributed by atoms with E-state index in [0.29, 0.717) is 11.1 Å². The first-order valence-electron chi connectivity index (χ1n) is 14.9. The Labute approximate surface area is 279 Å². The molecule has 3 aromatic rings. The van der Waals surface area contributed by atoms with Gasteiger partial charge in [0.05, 0.1) is 35.1 Å². The lowest BCUT2D eigenvalue weighted by Gasteiger charge is -2.46. The van der Waals surface area contributed by atoms with Crippen molar-refractivity contribution in [2.24, 2.45) is 0 Å². The van der Waals surface area contributed by atoms with Gasteiger partial charge in [0.2, 0.25) is 0 Å². The van der Waals surface area contributed by atoms with Crippen molar-refractivity contribution < 1.29 is 63.9 Å². The number of rotatable bonds is 11. The van der Waals surface area contributed by atoms with Crippen LogP contribution in [0.25, 0.3) is 0 Å². The molecule has 10 atom stereocenters. The molecule has 16 heteroatoms. The summed E-state index contributed by atoms with van der Waals surface area (Å²) in [5.74, 6) is -1.18. The lowest BCUT2D eigenvalue weighted by atomic mass is 9.97. The maximum atomic E-state index is 12.7. The number of aliphatic hydroxyl groups is 6. The first-order chi connectivity index (χ1) is 23.1. The number of esters is 1. The van der Waals surface area contributed by atoms with Gasteiger partial charge < -0.3 is 59.6 Å². The first-order valence-corrected chi connectivity index (χ1v) is 15.3. The smallest absolute Gasteiger partial charge is 0.338 e. The van der Waals surface area contributed by atoms with E-state index in [9.17, 15) is 40.2 Å². The summed E-state index contributed by atoms with van der Waals surface area (Å²) in [6, 6.07) is 15.9. The van der Waals surface area contributed by atoms with E-state index in [1.165, 1.54) is 30.6 Å². The molecule has 0 saturated carbocycles. The third kappa shape index (κ3) is 8.34. The van der Waals surface area contributed by atoms with E-state index in [-0.39, 0.29) is 22.9 Å². The van der Waals surface area contributed by atoms with Gasteiger partial charge in [-0.05, 0) is 42.0 Å². The first kappa shape index (κ1) is 35.7. The van der Waals surface area contributed by atoms with Crippen LogP contribution in [0.5, 0.6) is 0 Å². The van der Waals surface area contributed by atoms with Crippen LogP contribution in [0.1, 0.15) is 26.3 Å². The number of carbonyl (C=O) groups excluding carboxylic acids is 2. The van der Waals surface area contributed by atoms with Crippen LogP contribution in [-0.4, -0.2) is 122 Å². The molecule has 2 saturated heterocycles. The highest BCUT2D eigenvalue weighted by molar-refractivity contribution is 6.34. The predicted octanol–water partition coefficient (Wildman–Crippen LogP) is -0.00730. The number of amides is 1. The molecule has 0 radical (unpaired) electrons. The zero-order valence-corrected chi connectivity index (χ0v) is 25.9. The monoisotopic (exact) mass is 690 g/mol. The van der Waals surface area contributed by atoms with Crippen LogP contribution >= 0.6 is 11.6 Å². The molecule has 2 aromatic carbocycles. The fourth-order valence-corrected chi connectivity index (χ4v) is 5.29. The lowest BCUT2D eigenvalue weighted by Crippen LogP contribution is -2.64. The van der Waals surface area contributed by atoms with Gasteiger partial charge in [-0.1, -0.05) is 35.9 Å². The maximum Gasteiger partial charge on any atom is 0.338 e. The van der Waals surface area contributed by atoms with Crippen molar-refractivity contribution in [2.45, 2.75) is 68.0 Å². The normalized spacial score (nSPS) is 30.4. The summed E-state index contributed by atoms with van der Waals surface area (Å²) in [5, 5.41) is 65.5. The molecule has 0 bridgehead atoms. The van der Waals surface area contributed by atoms with Crippen LogP contribution in [0.15, 0.2) is 73.1 Å². The van der Waals surface area contributed by atoms with E-state index in [1.54, 1.807) is 42.5 Å². The molecule has 10 unspecified atom stereocenters. The average molecular weight is 691 g/mol. The summed E-state index contributed by atoms with van der Waals surface area (Å²) in [6.07, 6.45) is -13.3. The number of pyridine rings is 1. The van der Waals surface area contributed by atoms with Crippen LogP contribution in [-0.2, 0) is 30.3 Å². The molecule has 2 fully saturated rings. The largest absolute Gasteiger partial charge is 0.459 e. The fraction of sp³-hybridized carbons (Fsp3) is 0.406. The number of halogens is 1. The van der Waals surface area contributed by atoms with Gasteiger partial charge in [0, 0.05) is 12.4 Å². The van der Waals surface area contributed by atoms with Crippen molar-refractivity contribution >= 4 is 29.2 Å². The molecule has 258 valence electrons. The molecule has 0 spiro atoms. The topological polar surface area (TPSA) is 227 Å². The van der Waals surface area contributed by atoms with Crippen LogP contribution in [0.4, 0.5) is 5.69 Å². The molecule has 2 aliphatic rings. The highest BCUT2D eigenvalue weighted by Gasteiger charge is 2.51. The van der Waals surface area contributed by atoms with Crippen LogP contribution in [0, 0.1) is 0 Å². The van der Waals surface area contributed by atoms with Gasteiger partial charge in [-0.2, -0.15) is 0 Å². The summed E-state index contributed by atoms with van der Waals surface area (Å²) in [6.45, 7) is -1.45. The molecule has 3 heterocycles. The van der Waals surface area contributed by atoms with E-state index < -0.39 is 86.5 Å². The Hall–Kier alpha value is -3.58. The number of hydrogen-bond acceptors (Lipinski definition) is 14. The van der Waals surface area contributed by atoms with Gasteiger partial charge in [0.25, 0.3) is 5.91 Å². The minimum absolute atomic E-state index is 0.198. The minimum atomic E-state index is -1.83. The van der Waals surface area contributed by atoms with Crippen LogP contribution in [0.2, 0.25) is 5.02 Å². The third-order valence-corrected chi connectivity index (χ3v) is 8.12. The number of aliphatic hydroxyl groups excluding tert-OH is 6. The molecular formula is C32H35ClN2O13. The van der Waals surface area contributed by atoms with Crippen LogP contribution < -0.4 is 5.32 Å². The van der Waals surface area contributed by atoms with Crippen LogP contribution in [0.3, 0.4) is 0 Å². The number of carbonyl (C=O) groups is 2. The second-order valence-corrected chi connectivity index (χ2v) is 11.5. The maximum absolute atomic E-state index is 12.7. The number of aromatic nitrogens is 1. The Bertz CT molecular complexity index is 1520. The number of nitrogens with zero attached hydrogens (tertiary/aromatic N) is 1. The van der Waals surface area contributed by atoms with E-state index in [4.69, 9.17) is 35.3 Å². The molecule has 2 aliphatic heterocycles. The number of ether oxygens (including phenoxy) is 5.